The number of pyridine rings is 1. The van der Waals surface area contributed by atoms with Crippen molar-refractivity contribution in [1.82, 2.24) is 4.98 Å². The van der Waals surface area contributed by atoms with Crippen LogP contribution in [0.5, 0.6) is 0 Å². The number of anilines is 2. The van der Waals surface area contributed by atoms with Gasteiger partial charge in [0.15, 0.2) is 11.6 Å². The van der Waals surface area contributed by atoms with E-state index in [-0.39, 0.29) is 5.56 Å². The summed E-state index contributed by atoms with van der Waals surface area (Å²) >= 11 is 0. The quantitative estimate of drug-likeness (QED) is 0.726. The minimum Gasteiger partial charge on any atom is -0.371 e. The first kappa shape index (κ1) is 17.4. The number of fused-ring (bicyclic) bond motifs is 1. The van der Waals surface area contributed by atoms with Crippen LogP contribution in [0.4, 0.5) is 20.2 Å². The molecule has 2 heterocycles. The third-order valence-corrected chi connectivity index (χ3v) is 4.94. The lowest BCUT2D eigenvalue weighted by Gasteiger charge is -2.30. The van der Waals surface area contributed by atoms with Gasteiger partial charge in [-0.15, -0.1) is 0 Å². The van der Waals surface area contributed by atoms with E-state index in [1.54, 1.807) is 18.5 Å². The van der Waals surface area contributed by atoms with Crippen molar-refractivity contribution in [1.29, 1.82) is 0 Å². The molecule has 0 unspecified atom stereocenters. The minimum atomic E-state index is -1.15. The van der Waals surface area contributed by atoms with Gasteiger partial charge in [0, 0.05) is 41.9 Å². The summed E-state index contributed by atoms with van der Waals surface area (Å²) in [6.45, 7) is 2.00. The van der Waals surface area contributed by atoms with Gasteiger partial charge in [0.05, 0.1) is 11.3 Å². The highest BCUT2D eigenvalue weighted by molar-refractivity contribution is 6.11. The number of rotatable bonds is 3. The summed E-state index contributed by atoms with van der Waals surface area (Å²) in [7, 11) is 0. The Hall–Kier alpha value is -3.02. The Bertz CT molecular complexity index is 1000. The van der Waals surface area contributed by atoms with E-state index in [0.717, 1.165) is 48.5 Å². The first-order valence-corrected chi connectivity index (χ1v) is 9.02. The third kappa shape index (κ3) is 3.35. The summed E-state index contributed by atoms with van der Waals surface area (Å²) in [5, 5.41) is 4.44. The summed E-state index contributed by atoms with van der Waals surface area (Å²) in [6.07, 6.45) is 6.95. The molecular formula is C21H19F2N3O. The van der Waals surface area contributed by atoms with Gasteiger partial charge in [-0.25, -0.2) is 8.78 Å². The molecule has 3 aromatic rings. The summed E-state index contributed by atoms with van der Waals surface area (Å²) in [4.78, 5) is 19.0. The zero-order valence-electron chi connectivity index (χ0n) is 14.7. The van der Waals surface area contributed by atoms with Crippen LogP contribution in [0.25, 0.3) is 10.8 Å². The normalized spacial score (nSPS) is 14.4. The lowest BCUT2D eigenvalue weighted by molar-refractivity contribution is 0.102. The van der Waals surface area contributed by atoms with Crippen LogP contribution in [0.1, 0.15) is 29.6 Å². The molecule has 138 valence electrons. The third-order valence-electron chi connectivity index (χ3n) is 4.94. The second-order valence-electron chi connectivity index (χ2n) is 6.66. The largest absolute Gasteiger partial charge is 0.371 e. The summed E-state index contributed by atoms with van der Waals surface area (Å²) in [6, 6.07) is 9.23. The van der Waals surface area contributed by atoms with Crippen molar-refractivity contribution in [2.45, 2.75) is 19.3 Å². The topological polar surface area (TPSA) is 45.2 Å². The molecule has 1 fully saturated rings. The fourth-order valence-electron chi connectivity index (χ4n) is 3.56. The Labute approximate surface area is 155 Å². The lowest BCUT2D eigenvalue weighted by Crippen LogP contribution is -2.29. The monoisotopic (exact) mass is 367 g/mol. The van der Waals surface area contributed by atoms with Gasteiger partial charge in [-0.2, -0.15) is 0 Å². The van der Waals surface area contributed by atoms with E-state index < -0.39 is 17.5 Å². The van der Waals surface area contributed by atoms with Crippen LogP contribution in [0.15, 0.2) is 48.8 Å². The number of carbonyl (C=O) groups excluding carboxylic acids is 1. The van der Waals surface area contributed by atoms with Crippen LogP contribution >= 0.6 is 0 Å². The molecule has 0 radical (unpaired) electrons. The SMILES string of the molecule is O=C(Nc1ccc(N2CCCCC2)c2ccncc12)c1cccc(F)c1F. The number of carbonyl (C=O) groups is 1. The van der Waals surface area contributed by atoms with E-state index in [0.29, 0.717) is 5.69 Å². The highest BCUT2D eigenvalue weighted by atomic mass is 19.2. The maximum Gasteiger partial charge on any atom is 0.258 e. The van der Waals surface area contributed by atoms with Crippen molar-refractivity contribution < 1.29 is 13.6 Å². The zero-order chi connectivity index (χ0) is 18.8. The zero-order valence-corrected chi connectivity index (χ0v) is 14.7. The van der Waals surface area contributed by atoms with Crippen molar-refractivity contribution in [3.63, 3.8) is 0 Å². The summed E-state index contributed by atoms with van der Waals surface area (Å²) in [5.41, 5.74) is 1.29. The average Bonchev–Trinajstić information content (AvgIpc) is 2.71. The molecule has 1 amide bonds. The molecule has 1 aliphatic rings. The average molecular weight is 367 g/mol. The van der Waals surface area contributed by atoms with Crippen LogP contribution in [-0.2, 0) is 0 Å². The van der Waals surface area contributed by atoms with E-state index in [2.05, 4.69) is 15.2 Å². The first-order chi connectivity index (χ1) is 13.1. The van der Waals surface area contributed by atoms with Crippen molar-refractivity contribution in [2.24, 2.45) is 0 Å². The van der Waals surface area contributed by atoms with Gasteiger partial charge in [0.25, 0.3) is 5.91 Å². The Morgan fingerprint density at radius 3 is 2.63 bits per heavy atom. The van der Waals surface area contributed by atoms with Crippen molar-refractivity contribution in [2.75, 3.05) is 23.3 Å². The molecule has 0 spiro atoms. The molecule has 2 aromatic carbocycles. The van der Waals surface area contributed by atoms with Crippen LogP contribution in [0.2, 0.25) is 0 Å². The Morgan fingerprint density at radius 2 is 1.81 bits per heavy atom. The van der Waals surface area contributed by atoms with E-state index >= 15 is 0 Å². The summed E-state index contributed by atoms with van der Waals surface area (Å²) < 4.78 is 27.3. The Kier molecular flexibility index (Phi) is 4.71. The number of piperidine rings is 1. The van der Waals surface area contributed by atoms with Gasteiger partial charge in [-0.3, -0.25) is 9.78 Å². The standard InChI is InChI=1S/C21H19F2N3O/c22-17-6-4-5-15(20(17)23)21(27)25-18-7-8-19(26-11-2-1-3-12-26)14-9-10-24-13-16(14)18/h4-10,13H,1-3,11-12H2,(H,25,27). The molecular weight excluding hydrogens is 348 g/mol. The van der Waals surface area contributed by atoms with E-state index in [1.807, 2.05) is 12.1 Å². The van der Waals surface area contributed by atoms with Crippen LogP contribution in [0, 0.1) is 11.6 Å². The molecule has 4 nitrogen and oxygen atoms in total. The van der Waals surface area contributed by atoms with Crippen molar-refractivity contribution >= 4 is 28.1 Å². The molecule has 6 heteroatoms. The molecule has 1 aliphatic heterocycles. The van der Waals surface area contributed by atoms with Crippen LogP contribution in [-0.4, -0.2) is 24.0 Å². The molecule has 1 N–H and O–H groups in total. The number of aromatic nitrogens is 1. The molecule has 0 saturated carbocycles. The highest BCUT2D eigenvalue weighted by Crippen LogP contribution is 2.33. The summed E-state index contributed by atoms with van der Waals surface area (Å²) in [5.74, 6) is -2.89. The molecule has 1 saturated heterocycles. The number of halogens is 2. The van der Waals surface area contributed by atoms with Gasteiger partial charge in [0.2, 0.25) is 0 Å². The number of nitrogens with one attached hydrogen (secondary N) is 1. The van der Waals surface area contributed by atoms with Crippen LogP contribution in [0.3, 0.4) is 0 Å². The highest BCUT2D eigenvalue weighted by Gasteiger charge is 2.18. The van der Waals surface area contributed by atoms with Gasteiger partial charge in [-0.1, -0.05) is 6.07 Å². The fraction of sp³-hybridized carbons (Fsp3) is 0.238. The molecule has 0 atom stereocenters. The smallest absolute Gasteiger partial charge is 0.258 e. The molecule has 27 heavy (non-hydrogen) atoms. The second kappa shape index (κ2) is 7.31. The Morgan fingerprint density at radius 1 is 1.00 bits per heavy atom. The number of benzene rings is 2. The van der Waals surface area contributed by atoms with Crippen LogP contribution < -0.4 is 10.2 Å². The van der Waals surface area contributed by atoms with Gasteiger partial charge < -0.3 is 10.2 Å². The molecule has 4 rings (SSSR count). The maximum atomic E-state index is 13.9. The number of nitrogens with zero attached hydrogens (tertiary/aromatic N) is 2. The number of hydrogen-bond donors (Lipinski definition) is 1. The Balaban J connectivity index is 1.70. The van der Waals surface area contributed by atoms with Gasteiger partial charge >= 0.3 is 0 Å². The van der Waals surface area contributed by atoms with Gasteiger partial charge in [0.1, 0.15) is 0 Å². The first-order valence-electron chi connectivity index (χ1n) is 9.02. The molecule has 1 aromatic heterocycles. The van der Waals surface area contributed by atoms with Crippen molar-refractivity contribution in [3.05, 3.63) is 66.0 Å². The minimum absolute atomic E-state index is 0.327. The number of amides is 1. The van der Waals surface area contributed by atoms with Crippen molar-refractivity contribution in [3.8, 4) is 0 Å². The van der Waals surface area contributed by atoms with E-state index in [9.17, 15) is 13.6 Å². The van der Waals surface area contributed by atoms with E-state index in [4.69, 9.17) is 0 Å². The lowest BCUT2D eigenvalue weighted by atomic mass is 10.0. The van der Waals surface area contributed by atoms with Gasteiger partial charge in [-0.05, 0) is 49.6 Å². The molecule has 0 aliphatic carbocycles. The fourth-order valence-corrected chi connectivity index (χ4v) is 3.56. The number of hydrogen-bond acceptors (Lipinski definition) is 3. The van der Waals surface area contributed by atoms with E-state index in [1.165, 1.54) is 18.6 Å². The second-order valence-corrected chi connectivity index (χ2v) is 6.66. The molecule has 0 bridgehead atoms. The predicted molar refractivity (Wildman–Crippen MR) is 102 cm³/mol. The predicted octanol–water partition coefficient (Wildman–Crippen LogP) is 4.76. The maximum absolute atomic E-state index is 13.9.